The molecule has 0 aliphatic carbocycles. The van der Waals surface area contributed by atoms with Gasteiger partial charge in [0.05, 0.1) is 16.6 Å². The maximum atomic E-state index is 12.1. The number of imidazole rings is 1. The van der Waals surface area contributed by atoms with Gasteiger partial charge in [-0.25, -0.2) is 4.98 Å². The summed E-state index contributed by atoms with van der Waals surface area (Å²) in [5, 5.41) is 11.0. The van der Waals surface area contributed by atoms with Crippen molar-refractivity contribution in [2.75, 3.05) is 7.05 Å². The number of hydrogen-bond acceptors (Lipinski definition) is 3. The molecule has 0 saturated heterocycles. The van der Waals surface area contributed by atoms with Gasteiger partial charge in [-0.2, -0.15) is 0 Å². The van der Waals surface area contributed by atoms with E-state index in [2.05, 4.69) is 10.3 Å². The third kappa shape index (κ3) is 1.66. The number of aromatic nitrogens is 2. The molecule has 0 radical (unpaired) electrons. The highest BCUT2D eigenvalue weighted by Gasteiger charge is 2.29. The number of carbonyl (C=O) groups excluding carboxylic acids is 1. The lowest BCUT2D eigenvalue weighted by atomic mass is 9.96. The summed E-state index contributed by atoms with van der Waals surface area (Å²) in [4.78, 5) is 16.6. The highest BCUT2D eigenvalue weighted by Crippen LogP contribution is 2.29. The molecule has 2 N–H and O–H groups in total. The lowest BCUT2D eigenvalue weighted by Gasteiger charge is -2.22. The van der Waals surface area contributed by atoms with E-state index in [1.165, 1.54) is 0 Å². The molecular weight excluding hydrogens is 252 g/mol. The quantitative estimate of drug-likeness (QED) is 0.874. The monoisotopic (exact) mass is 268 g/mol. The molecule has 1 aliphatic rings. The van der Waals surface area contributed by atoms with Gasteiger partial charge in [-0.3, -0.25) is 14.8 Å². The van der Waals surface area contributed by atoms with Crippen molar-refractivity contribution in [3.05, 3.63) is 36.2 Å². The van der Waals surface area contributed by atoms with E-state index in [1.54, 1.807) is 11.6 Å². The largest absolute Gasteiger partial charge is 0.355 e. The summed E-state index contributed by atoms with van der Waals surface area (Å²) in [6, 6.07) is 7.66. The molecule has 20 heavy (non-hydrogen) atoms. The second kappa shape index (κ2) is 4.59. The van der Waals surface area contributed by atoms with E-state index < -0.39 is 0 Å². The number of benzene rings is 1. The smallest absolute Gasteiger partial charge is 0.254 e. The molecule has 1 atom stereocenters. The Balaban J connectivity index is 2.30. The van der Waals surface area contributed by atoms with Crippen molar-refractivity contribution in [2.45, 2.75) is 13.3 Å². The first kappa shape index (κ1) is 12.6. The van der Waals surface area contributed by atoms with E-state index in [4.69, 9.17) is 5.41 Å². The molecule has 5 heteroatoms. The molecule has 0 saturated carbocycles. The summed E-state index contributed by atoms with van der Waals surface area (Å²) in [5.41, 5.74) is 2.23. The van der Waals surface area contributed by atoms with Crippen LogP contribution in [0.3, 0.4) is 0 Å². The summed E-state index contributed by atoms with van der Waals surface area (Å²) in [6.07, 6.45) is 2.63. The SMILES string of the molecule is CCC1C=C(C(=O)NC)c2nc3ccccc3n2C1=N. The van der Waals surface area contributed by atoms with E-state index in [-0.39, 0.29) is 11.8 Å². The van der Waals surface area contributed by atoms with Gasteiger partial charge in [0.2, 0.25) is 0 Å². The minimum Gasteiger partial charge on any atom is -0.355 e. The van der Waals surface area contributed by atoms with Crippen LogP contribution < -0.4 is 5.32 Å². The molecule has 2 aromatic rings. The number of nitrogens with zero attached hydrogens (tertiary/aromatic N) is 2. The number of carbonyl (C=O) groups is 1. The summed E-state index contributed by atoms with van der Waals surface area (Å²) in [6.45, 7) is 2.02. The van der Waals surface area contributed by atoms with E-state index in [1.807, 2.05) is 37.3 Å². The minimum absolute atomic E-state index is 0.0626. The van der Waals surface area contributed by atoms with Crippen molar-refractivity contribution in [1.29, 1.82) is 5.41 Å². The van der Waals surface area contributed by atoms with Crippen LogP contribution in [0.15, 0.2) is 30.3 Å². The van der Waals surface area contributed by atoms with Crippen molar-refractivity contribution < 1.29 is 4.79 Å². The number of likely N-dealkylation sites (N-methyl/N-ethyl adjacent to an activating group) is 1. The Morgan fingerprint density at radius 3 is 2.90 bits per heavy atom. The third-order valence-electron chi connectivity index (χ3n) is 3.67. The lowest BCUT2D eigenvalue weighted by Crippen LogP contribution is -2.30. The van der Waals surface area contributed by atoms with Gasteiger partial charge in [-0.1, -0.05) is 25.1 Å². The maximum Gasteiger partial charge on any atom is 0.254 e. The van der Waals surface area contributed by atoms with Crippen LogP contribution in [-0.4, -0.2) is 28.3 Å². The zero-order valence-corrected chi connectivity index (χ0v) is 11.5. The number of hydrogen-bond donors (Lipinski definition) is 2. The molecule has 0 fully saturated rings. The Kier molecular flexibility index (Phi) is 2.89. The molecule has 1 unspecified atom stereocenters. The van der Waals surface area contributed by atoms with Crippen LogP contribution in [0.1, 0.15) is 19.2 Å². The molecule has 102 valence electrons. The third-order valence-corrected chi connectivity index (χ3v) is 3.67. The van der Waals surface area contributed by atoms with Gasteiger partial charge in [0.1, 0.15) is 5.84 Å². The summed E-state index contributed by atoms with van der Waals surface area (Å²) in [5.74, 6) is 0.809. The molecule has 1 aromatic heterocycles. The normalized spacial score (nSPS) is 17.8. The maximum absolute atomic E-state index is 12.1. The molecule has 5 nitrogen and oxygen atoms in total. The molecule has 0 bridgehead atoms. The molecule has 1 aliphatic heterocycles. The summed E-state index contributed by atoms with van der Waals surface area (Å²) in [7, 11) is 1.61. The van der Waals surface area contributed by atoms with E-state index in [0.717, 1.165) is 17.5 Å². The first-order valence-electron chi connectivity index (χ1n) is 6.68. The fourth-order valence-corrected chi connectivity index (χ4v) is 2.59. The van der Waals surface area contributed by atoms with Crippen LogP contribution in [0, 0.1) is 11.3 Å². The average Bonchev–Trinajstić information content (AvgIpc) is 2.86. The number of amides is 1. The summed E-state index contributed by atoms with van der Waals surface area (Å²) >= 11 is 0. The summed E-state index contributed by atoms with van der Waals surface area (Å²) < 4.78 is 1.79. The van der Waals surface area contributed by atoms with Gasteiger partial charge in [0.25, 0.3) is 5.91 Å². The first-order valence-corrected chi connectivity index (χ1v) is 6.68. The Hall–Kier alpha value is -2.43. The van der Waals surface area contributed by atoms with Crippen molar-refractivity contribution >= 4 is 28.3 Å². The number of nitrogens with one attached hydrogen (secondary N) is 2. The van der Waals surface area contributed by atoms with Crippen molar-refractivity contribution in [3.63, 3.8) is 0 Å². The zero-order valence-electron chi connectivity index (χ0n) is 11.5. The second-order valence-corrected chi connectivity index (χ2v) is 4.82. The second-order valence-electron chi connectivity index (χ2n) is 4.82. The van der Waals surface area contributed by atoms with Crippen LogP contribution in [0.2, 0.25) is 0 Å². The number of allylic oxidation sites excluding steroid dienone is 1. The number of fused-ring (bicyclic) bond motifs is 3. The van der Waals surface area contributed by atoms with Crippen LogP contribution in [0.4, 0.5) is 0 Å². The molecule has 2 heterocycles. The van der Waals surface area contributed by atoms with Crippen molar-refractivity contribution in [1.82, 2.24) is 14.9 Å². The predicted molar refractivity (Wildman–Crippen MR) is 78.7 cm³/mol. The fourth-order valence-electron chi connectivity index (χ4n) is 2.59. The number of rotatable bonds is 2. The highest BCUT2D eigenvalue weighted by atomic mass is 16.1. The Morgan fingerprint density at radius 2 is 2.20 bits per heavy atom. The Labute approximate surface area is 116 Å². The highest BCUT2D eigenvalue weighted by molar-refractivity contribution is 6.21. The Bertz CT molecular complexity index is 741. The van der Waals surface area contributed by atoms with Gasteiger partial charge in [0.15, 0.2) is 5.82 Å². The fraction of sp³-hybridized carbons (Fsp3) is 0.267. The van der Waals surface area contributed by atoms with Crippen LogP contribution in [0.5, 0.6) is 0 Å². The van der Waals surface area contributed by atoms with Gasteiger partial charge in [-0.05, 0) is 18.6 Å². The molecule has 1 aromatic carbocycles. The molecule has 0 spiro atoms. The van der Waals surface area contributed by atoms with Gasteiger partial charge in [-0.15, -0.1) is 0 Å². The average molecular weight is 268 g/mol. The topological polar surface area (TPSA) is 70.8 Å². The molecule has 1 amide bonds. The number of para-hydroxylation sites is 2. The van der Waals surface area contributed by atoms with Crippen LogP contribution in [0.25, 0.3) is 16.6 Å². The van der Waals surface area contributed by atoms with Gasteiger partial charge >= 0.3 is 0 Å². The van der Waals surface area contributed by atoms with Crippen molar-refractivity contribution in [3.8, 4) is 0 Å². The van der Waals surface area contributed by atoms with Crippen molar-refractivity contribution in [2.24, 2.45) is 5.92 Å². The molecular formula is C15H16N4O. The van der Waals surface area contributed by atoms with E-state index in [0.29, 0.717) is 17.2 Å². The zero-order chi connectivity index (χ0) is 14.3. The minimum atomic E-state index is -0.160. The lowest BCUT2D eigenvalue weighted by molar-refractivity contribution is -0.115. The van der Waals surface area contributed by atoms with E-state index >= 15 is 0 Å². The van der Waals surface area contributed by atoms with E-state index in [9.17, 15) is 4.79 Å². The molecule has 3 rings (SSSR count). The standard InChI is InChI=1S/C15H16N4O/c1-3-9-8-10(15(20)17-2)14-18-11-6-4-5-7-12(11)19(14)13(9)16/h4-9,16H,3H2,1-2H3,(H,17,20). The van der Waals surface area contributed by atoms with Crippen LogP contribution in [-0.2, 0) is 4.79 Å². The van der Waals surface area contributed by atoms with Gasteiger partial charge in [0, 0.05) is 13.0 Å². The Morgan fingerprint density at radius 1 is 1.45 bits per heavy atom. The van der Waals surface area contributed by atoms with Gasteiger partial charge < -0.3 is 5.32 Å². The van der Waals surface area contributed by atoms with Crippen LogP contribution >= 0.6 is 0 Å². The first-order chi connectivity index (χ1) is 9.67. The predicted octanol–water partition coefficient (Wildman–Crippen LogP) is 2.03.